The van der Waals surface area contributed by atoms with E-state index in [9.17, 15) is 22.0 Å². The van der Waals surface area contributed by atoms with E-state index in [0.29, 0.717) is 6.07 Å². The number of nitrogens with two attached hydrogens (primary N) is 1. The second-order valence-corrected chi connectivity index (χ2v) is 3.44. The number of halogens is 6. The van der Waals surface area contributed by atoms with Gasteiger partial charge in [0.05, 0.1) is 5.56 Å². The molecule has 1 aromatic heterocycles. The summed E-state index contributed by atoms with van der Waals surface area (Å²) in [5.41, 5.74) is 2.89. The van der Waals surface area contributed by atoms with Gasteiger partial charge in [-0.25, -0.2) is 13.8 Å². The van der Waals surface area contributed by atoms with E-state index in [4.69, 9.17) is 5.73 Å². The van der Waals surface area contributed by atoms with Crippen LogP contribution in [0.3, 0.4) is 0 Å². The molecule has 8 heteroatoms. The molecule has 0 aromatic carbocycles. The summed E-state index contributed by atoms with van der Waals surface area (Å²) in [7, 11) is 0. The zero-order valence-electron chi connectivity index (χ0n) is 6.95. The van der Waals surface area contributed by atoms with Gasteiger partial charge in [-0.15, -0.1) is 0 Å². The third kappa shape index (κ3) is 2.55. The lowest BCUT2D eigenvalue weighted by Gasteiger charge is -2.11. The predicted octanol–water partition coefficient (Wildman–Crippen LogP) is 3.38. The van der Waals surface area contributed by atoms with Gasteiger partial charge in [0.1, 0.15) is 11.5 Å². The predicted molar refractivity (Wildman–Crippen MR) is 46.3 cm³/mol. The van der Waals surface area contributed by atoms with Crippen molar-refractivity contribution in [3.8, 4) is 0 Å². The first-order valence-corrected chi connectivity index (χ1v) is 4.34. The highest BCUT2D eigenvalue weighted by atomic mass is 79.9. The van der Waals surface area contributed by atoms with E-state index in [2.05, 4.69) is 20.9 Å². The van der Waals surface area contributed by atoms with E-state index in [1.54, 1.807) is 0 Å². The van der Waals surface area contributed by atoms with Gasteiger partial charge in [-0.05, 0) is 22.0 Å². The van der Waals surface area contributed by atoms with Crippen LogP contribution in [0.5, 0.6) is 0 Å². The molecule has 0 amide bonds. The molecule has 0 saturated heterocycles. The van der Waals surface area contributed by atoms with Crippen molar-refractivity contribution >= 4 is 21.7 Å². The molecule has 2 nitrogen and oxygen atoms in total. The van der Waals surface area contributed by atoms with Gasteiger partial charge >= 0.3 is 6.18 Å². The van der Waals surface area contributed by atoms with Gasteiger partial charge in [-0.1, -0.05) is 0 Å². The molecule has 84 valence electrons. The largest absolute Gasteiger partial charge is 0.419 e. The van der Waals surface area contributed by atoms with Crippen LogP contribution >= 0.6 is 15.9 Å². The molecule has 0 aliphatic carbocycles. The SMILES string of the molecule is Nc1nc(C(F)F)c(Br)cc1C(F)(F)F. The summed E-state index contributed by atoms with van der Waals surface area (Å²) in [6.45, 7) is 0. The quantitative estimate of drug-likeness (QED) is 0.805. The van der Waals surface area contributed by atoms with E-state index >= 15 is 0 Å². The van der Waals surface area contributed by atoms with Crippen molar-refractivity contribution in [2.45, 2.75) is 12.6 Å². The fourth-order valence-corrected chi connectivity index (χ4v) is 1.39. The van der Waals surface area contributed by atoms with Crippen LogP contribution in [0.2, 0.25) is 0 Å². The number of nitrogen functional groups attached to an aromatic ring is 1. The van der Waals surface area contributed by atoms with Crippen LogP contribution in [-0.2, 0) is 6.18 Å². The molecule has 1 rings (SSSR count). The topological polar surface area (TPSA) is 38.9 Å². The van der Waals surface area contributed by atoms with Crippen molar-refractivity contribution in [1.29, 1.82) is 0 Å². The fraction of sp³-hybridized carbons (Fsp3) is 0.286. The normalized spacial score (nSPS) is 12.2. The highest BCUT2D eigenvalue weighted by Crippen LogP contribution is 2.37. The van der Waals surface area contributed by atoms with Gasteiger partial charge in [-0.2, -0.15) is 13.2 Å². The lowest BCUT2D eigenvalue weighted by molar-refractivity contribution is -0.137. The van der Waals surface area contributed by atoms with E-state index < -0.39 is 34.1 Å². The first-order valence-electron chi connectivity index (χ1n) is 3.54. The monoisotopic (exact) mass is 290 g/mol. The average Bonchev–Trinajstić information content (AvgIpc) is 2.06. The number of pyridine rings is 1. The molecule has 0 aliphatic heterocycles. The minimum absolute atomic E-state index is 0.418. The molecule has 0 radical (unpaired) electrons. The van der Waals surface area contributed by atoms with E-state index in [0.717, 1.165) is 0 Å². The summed E-state index contributed by atoms with van der Waals surface area (Å²) >= 11 is 2.58. The number of alkyl halides is 5. The molecular weight excluding hydrogens is 287 g/mol. The molecule has 1 aromatic rings. The lowest BCUT2D eigenvalue weighted by Crippen LogP contribution is -2.12. The molecule has 0 saturated carbocycles. The summed E-state index contributed by atoms with van der Waals surface area (Å²) in [4.78, 5) is 3.00. The fourth-order valence-electron chi connectivity index (χ4n) is 0.898. The Hall–Kier alpha value is -0.920. The third-order valence-corrected chi connectivity index (χ3v) is 2.18. The Bertz CT molecular complexity index is 376. The van der Waals surface area contributed by atoms with Crippen LogP contribution in [-0.4, -0.2) is 4.98 Å². The second kappa shape index (κ2) is 3.92. The van der Waals surface area contributed by atoms with Crippen LogP contribution in [0.25, 0.3) is 0 Å². The average molecular weight is 291 g/mol. The number of anilines is 1. The van der Waals surface area contributed by atoms with Crippen molar-refractivity contribution in [3.63, 3.8) is 0 Å². The molecule has 2 N–H and O–H groups in total. The van der Waals surface area contributed by atoms with Gasteiger partial charge in [-0.3, -0.25) is 0 Å². The third-order valence-electron chi connectivity index (χ3n) is 1.54. The summed E-state index contributed by atoms with van der Waals surface area (Å²) in [5.74, 6) is -0.957. The Kier molecular flexibility index (Phi) is 3.17. The molecule has 0 fully saturated rings. The molecule has 0 bridgehead atoms. The molecule has 0 aliphatic rings. The van der Waals surface area contributed by atoms with Crippen molar-refractivity contribution in [3.05, 3.63) is 21.8 Å². The Balaban J connectivity index is 3.32. The van der Waals surface area contributed by atoms with Gasteiger partial charge in [0.15, 0.2) is 0 Å². The number of hydrogen-bond acceptors (Lipinski definition) is 2. The smallest absolute Gasteiger partial charge is 0.383 e. The summed E-state index contributed by atoms with van der Waals surface area (Å²) in [5, 5.41) is 0. The number of nitrogens with zero attached hydrogens (tertiary/aromatic N) is 1. The standard InChI is InChI=1S/C7H4BrF5N2/c8-3-1-2(7(11,12)13)6(14)15-4(3)5(9)10/h1,5H,(H2,14,15). The van der Waals surface area contributed by atoms with Crippen molar-refractivity contribution < 1.29 is 22.0 Å². The Morgan fingerprint density at radius 1 is 1.33 bits per heavy atom. The molecule has 15 heavy (non-hydrogen) atoms. The maximum Gasteiger partial charge on any atom is 0.419 e. The highest BCUT2D eigenvalue weighted by molar-refractivity contribution is 9.10. The first-order chi connectivity index (χ1) is 6.73. The van der Waals surface area contributed by atoms with Crippen molar-refractivity contribution in [2.75, 3.05) is 5.73 Å². The van der Waals surface area contributed by atoms with Crippen LogP contribution in [0, 0.1) is 0 Å². The Morgan fingerprint density at radius 2 is 1.87 bits per heavy atom. The second-order valence-electron chi connectivity index (χ2n) is 2.59. The van der Waals surface area contributed by atoms with E-state index in [1.165, 1.54) is 0 Å². The van der Waals surface area contributed by atoms with Gasteiger partial charge in [0.2, 0.25) is 0 Å². The van der Waals surface area contributed by atoms with Gasteiger partial charge < -0.3 is 5.73 Å². The summed E-state index contributed by atoms with van der Waals surface area (Å²) in [6, 6.07) is 0.490. The Morgan fingerprint density at radius 3 is 2.27 bits per heavy atom. The minimum atomic E-state index is -4.71. The first kappa shape index (κ1) is 12.2. The van der Waals surface area contributed by atoms with Crippen LogP contribution in [0.15, 0.2) is 10.5 Å². The summed E-state index contributed by atoms with van der Waals surface area (Å²) < 4.78 is 60.7. The Labute approximate surface area is 89.4 Å². The minimum Gasteiger partial charge on any atom is -0.383 e. The lowest BCUT2D eigenvalue weighted by atomic mass is 10.2. The number of hydrogen-bond donors (Lipinski definition) is 1. The van der Waals surface area contributed by atoms with Gasteiger partial charge in [0, 0.05) is 4.47 Å². The number of aromatic nitrogens is 1. The van der Waals surface area contributed by atoms with Gasteiger partial charge in [0.25, 0.3) is 6.43 Å². The van der Waals surface area contributed by atoms with E-state index in [1.807, 2.05) is 0 Å². The highest BCUT2D eigenvalue weighted by Gasteiger charge is 2.35. The van der Waals surface area contributed by atoms with Crippen LogP contribution < -0.4 is 5.73 Å². The molecule has 0 unspecified atom stereocenters. The van der Waals surface area contributed by atoms with Crippen LogP contribution in [0.1, 0.15) is 17.7 Å². The van der Waals surface area contributed by atoms with Crippen molar-refractivity contribution in [2.24, 2.45) is 0 Å². The molecule has 1 heterocycles. The maximum absolute atomic E-state index is 12.2. The van der Waals surface area contributed by atoms with Crippen molar-refractivity contribution in [1.82, 2.24) is 4.98 Å². The summed E-state index contributed by atoms with van der Waals surface area (Å²) in [6.07, 6.45) is -7.69. The molecule has 0 spiro atoms. The van der Waals surface area contributed by atoms with Crippen LogP contribution in [0.4, 0.5) is 27.8 Å². The maximum atomic E-state index is 12.2. The molecular formula is C7H4BrF5N2. The van der Waals surface area contributed by atoms with E-state index in [-0.39, 0.29) is 0 Å². The zero-order valence-corrected chi connectivity index (χ0v) is 8.53. The zero-order chi connectivity index (χ0) is 11.8. The number of rotatable bonds is 1. The molecule has 0 atom stereocenters.